The standard InChI is InChI=1S/C32H40N4O3/c1-5-7-13-26-27-29(34-22-35-31(27)36(4)20-16-24-11-9-8-10-12-24)23(3)30(38-6-2)28(26)32(37)39-21-17-25-14-18-33-19-15-25/h5,8-12,17,21-22,25,33H,1,6-7,13-16,18-20H2,2-4H3/b21-17+. The van der Waals surface area contributed by atoms with Crippen molar-refractivity contribution in [2.24, 2.45) is 5.92 Å². The number of ether oxygens (including phenoxy) is 2. The fourth-order valence-electron chi connectivity index (χ4n) is 5.18. The summed E-state index contributed by atoms with van der Waals surface area (Å²) < 4.78 is 11.8. The molecule has 2 heterocycles. The molecule has 7 nitrogen and oxygen atoms in total. The summed E-state index contributed by atoms with van der Waals surface area (Å²) in [5.74, 6) is 1.30. The van der Waals surface area contributed by atoms with Gasteiger partial charge in [-0.1, -0.05) is 36.4 Å². The summed E-state index contributed by atoms with van der Waals surface area (Å²) in [5.41, 5.74) is 4.14. The van der Waals surface area contributed by atoms with E-state index in [-0.39, 0.29) is 0 Å². The Morgan fingerprint density at radius 1 is 1.18 bits per heavy atom. The van der Waals surface area contributed by atoms with Crippen LogP contribution in [-0.4, -0.2) is 49.2 Å². The molecular formula is C32H40N4O3. The predicted octanol–water partition coefficient (Wildman–Crippen LogP) is 5.80. The van der Waals surface area contributed by atoms with Crippen LogP contribution in [0.4, 0.5) is 5.82 Å². The van der Waals surface area contributed by atoms with Crippen LogP contribution in [0.15, 0.2) is 61.7 Å². The van der Waals surface area contributed by atoms with E-state index in [0.29, 0.717) is 36.7 Å². The van der Waals surface area contributed by atoms with E-state index in [2.05, 4.69) is 46.0 Å². The first-order valence-electron chi connectivity index (χ1n) is 13.9. The molecule has 0 spiro atoms. The van der Waals surface area contributed by atoms with Crippen molar-refractivity contribution in [1.29, 1.82) is 0 Å². The average molecular weight is 529 g/mol. The number of aromatic nitrogens is 2. The summed E-state index contributed by atoms with van der Waals surface area (Å²) in [5, 5.41) is 4.23. The molecule has 1 fully saturated rings. The number of hydrogen-bond acceptors (Lipinski definition) is 7. The van der Waals surface area contributed by atoms with Crippen LogP contribution in [0.3, 0.4) is 0 Å². The van der Waals surface area contributed by atoms with Gasteiger partial charge in [-0.3, -0.25) is 0 Å². The Kier molecular flexibility index (Phi) is 10.1. The zero-order chi connectivity index (χ0) is 27.6. The normalized spacial score (nSPS) is 14.0. The zero-order valence-corrected chi connectivity index (χ0v) is 23.4. The van der Waals surface area contributed by atoms with Gasteiger partial charge in [0.25, 0.3) is 0 Å². The number of anilines is 1. The summed E-state index contributed by atoms with van der Waals surface area (Å²) in [7, 11) is 2.04. The van der Waals surface area contributed by atoms with E-state index in [0.717, 1.165) is 66.7 Å². The summed E-state index contributed by atoms with van der Waals surface area (Å²) in [4.78, 5) is 25.2. The summed E-state index contributed by atoms with van der Waals surface area (Å²) in [6.07, 6.45) is 11.2. The lowest BCUT2D eigenvalue weighted by Gasteiger charge is -2.24. The van der Waals surface area contributed by atoms with Crippen molar-refractivity contribution in [3.63, 3.8) is 0 Å². The maximum atomic E-state index is 13.7. The number of piperidine rings is 1. The van der Waals surface area contributed by atoms with Crippen LogP contribution in [0.25, 0.3) is 10.9 Å². The molecule has 1 saturated heterocycles. The van der Waals surface area contributed by atoms with Crippen molar-refractivity contribution in [1.82, 2.24) is 15.3 Å². The van der Waals surface area contributed by atoms with Gasteiger partial charge in [-0.15, -0.1) is 6.58 Å². The van der Waals surface area contributed by atoms with Crippen LogP contribution < -0.4 is 15.0 Å². The first kappa shape index (κ1) is 28.3. The van der Waals surface area contributed by atoms with Crippen molar-refractivity contribution in [2.45, 2.75) is 46.0 Å². The number of aryl methyl sites for hydroxylation is 2. The smallest absolute Gasteiger partial charge is 0.347 e. The Morgan fingerprint density at radius 3 is 2.67 bits per heavy atom. The second kappa shape index (κ2) is 13.9. The maximum Gasteiger partial charge on any atom is 0.347 e. The molecule has 0 unspecified atom stereocenters. The Hall–Kier alpha value is -3.71. The molecule has 39 heavy (non-hydrogen) atoms. The highest BCUT2D eigenvalue weighted by Crippen LogP contribution is 2.39. The topological polar surface area (TPSA) is 76.6 Å². The predicted molar refractivity (Wildman–Crippen MR) is 158 cm³/mol. The highest BCUT2D eigenvalue weighted by atomic mass is 16.5. The first-order valence-corrected chi connectivity index (χ1v) is 13.9. The van der Waals surface area contributed by atoms with E-state index in [1.165, 1.54) is 5.56 Å². The number of nitrogens with zero attached hydrogens (tertiary/aromatic N) is 3. The van der Waals surface area contributed by atoms with E-state index in [1.54, 1.807) is 12.6 Å². The molecule has 0 aliphatic carbocycles. The molecule has 0 saturated carbocycles. The molecule has 2 aromatic carbocycles. The molecule has 1 aliphatic rings. The van der Waals surface area contributed by atoms with Crippen molar-refractivity contribution in [2.75, 3.05) is 38.2 Å². The number of fused-ring (bicyclic) bond motifs is 1. The molecule has 1 N–H and O–H groups in total. The van der Waals surface area contributed by atoms with Crippen LogP contribution in [0.5, 0.6) is 5.75 Å². The molecule has 1 aliphatic heterocycles. The minimum atomic E-state index is -0.422. The number of esters is 1. The lowest BCUT2D eigenvalue weighted by Crippen LogP contribution is -2.26. The van der Waals surface area contributed by atoms with Crippen molar-refractivity contribution < 1.29 is 14.3 Å². The van der Waals surface area contributed by atoms with Gasteiger partial charge < -0.3 is 19.7 Å². The Labute approximate surface area is 231 Å². The van der Waals surface area contributed by atoms with Gasteiger partial charge in [-0.2, -0.15) is 0 Å². The molecule has 7 heteroatoms. The van der Waals surface area contributed by atoms with Gasteiger partial charge in [-0.05, 0) is 82.2 Å². The Morgan fingerprint density at radius 2 is 1.95 bits per heavy atom. The third-order valence-corrected chi connectivity index (χ3v) is 7.29. The van der Waals surface area contributed by atoms with Crippen LogP contribution in [0.2, 0.25) is 0 Å². The number of nitrogens with one attached hydrogen (secondary N) is 1. The molecule has 0 bridgehead atoms. The van der Waals surface area contributed by atoms with Gasteiger partial charge in [0.2, 0.25) is 0 Å². The average Bonchev–Trinajstić information content (AvgIpc) is 2.97. The number of hydrogen-bond donors (Lipinski definition) is 1. The van der Waals surface area contributed by atoms with E-state index in [1.807, 2.05) is 39.1 Å². The van der Waals surface area contributed by atoms with Crippen LogP contribution in [-0.2, 0) is 17.6 Å². The quantitative estimate of drug-likeness (QED) is 0.181. The summed E-state index contributed by atoms with van der Waals surface area (Å²) in [6, 6.07) is 10.4. The van der Waals surface area contributed by atoms with Gasteiger partial charge >= 0.3 is 5.97 Å². The number of benzene rings is 2. The highest BCUT2D eigenvalue weighted by Gasteiger charge is 2.28. The fraction of sp³-hybridized carbons (Fsp3) is 0.406. The molecule has 3 aromatic rings. The maximum absolute atomic E-state index is 13.7. The second-order valence-electron chi connectivity index (χ2n) is 9.97. The highest BCUT2D eigenvalue weighted by molar-refractivity contribution is 6.06. The number of carbonyl (C=O) groups excluding carboxylic acids is 1. The molecule has 4 rings (SSSR count). The van der Waals surface area contributed by atoms with Gasteiger partial charge in [-0.25, -0.2) is 14.8 Å². The fourth-order valence-corrected chi connectivity index (χ4v) is 5.18. The van der Waals surface area contributed by atoms with Gasteiger partial charge in [0.15, 0.2) is 0 Å². The van der Waals surface area contributed by atoms with Crippen LogP contribution in [0.1, 0.15) is 53.2 Å². The van der Waals surface area contributed by atoms with Crippen molar-refractivity contribution in [3.8, 4) is 5.75 Å². The molecule has 0 radical (unpaired) electrons. The minimum Gasteiger partial charge on any atom is -0.493 e. The molecular weight excluding hydrogens is 488 g/mol. The van der Waals surface area contributed by atoms with Gasteiger partial charge in [0, 0.05) is 24.5 Å². The third kappa shape index (κ3) is 6.84. The monoisotopic (exact) mass is 528 g/mol. The van der Waals surface area contributed by atoms with E-state index >= 15 is 0 Å². The van der Waals surface area contributed by atoms with Crippen LogP contribution >= 0.6 is 0 Å². The molecule has 206 valence electrons. The number of likely N-dealkylation sites (N-methyl/N-ethyl adjacent to an activating group) is 1. The van der Waals surface area contributed by atoms with E-state index in [9.17, 15) is 4.79 Å². The summed E-state index contributed by atoms with van der Waals surface area (Å²) >= 11 is 0. The first-order chi connectivity index (χ1) is 19.0. The third-order valence-electron chi connectivity index (χ3n) is 7.29. The lowest BCUT2D eigenvalue weighted by molar-refractivity contribution is 0.0655. The van der Waals surface area contributed by atoms with Crippen molar-refractivity contribution >= 4 is 22.7 Å². The van der Waals surface area contributed by atoms with Gasteiger partial charge in [0.05, 0.1) is 18.4 Å². The van der Waals surface area contributed by atoms with E-state index in [4.69, 9.17) is 14.5 Å². The van der Waals surface area contributed by atoms with Crippen LogP contribution in [0, 0.1) is 12.8 Å². The zero-order valence-electron chi connectivity index (χ0n) is 23.4. The molecule has 1 aromatic heterocycles. The minimum absolute atomic E-state index is 0.405. The summed E-state index contributed by atoms with van der Waals surface area (Å²) in [6.45, 7) is 10.9. The largest absolute Gasteiger partial charge is 0.493 e. The molecule has 0 amide bonds. The SMILES string of the molecule is C=CCCc1c(C(=O)O/C=C/C2CCNCC2)c(OCC)c(C)c2ncnc(N(C)CCc3ccccc3)c12. The Bertz CT molecular complexity index is 1300. The molecule has 0 atom stereocenters. The second-order valence-corrected chi connectivity index (χ2v) is 9.97. The number of carbonyl (C=O) groups is 1. The Balaban J connectivity index is 1.77. The number of rotatable bonds is 12. The van der Waals surface area contributed by atoms with Gasteiger partial charge in [0.1, 0.15) is 23.5 Å². The van der Waals surface area contributed by atoms with Crippen molar-refractivity contribution in [3.05, 3.63) is 83.9 Å². The van der Waals surface area contributed by atoms with E-state index < -0.39 is 5.97 Å². The lowest BCUT2D eigenvalue weighted by atomic mass is 9.93. The number of allylic oxidation sites excluding steroid dienone is 2.